The summed E-state index contributed by atoms with van der Waals surface area (Å²) in [4.78, 5) is 27.2. The normalized spacial score (nSPS) is 10.2. The second-order valence-electron chi connectivity index (χ2n) is 4.96. The van der Waals surface area contributed by atoms with E-state index in [1.165, 1.54) is 11.3 Å². The first-order chi connectivity index (χ1) is 11.6. The quantitative estimate of drug-likeness (QED) is 0.672. The first-order valence-electron chi connectivity index (χ1n) is 7.51. The molecule has 1 heterocycles. The van der Waals surface area contributed by atoms with Gasteiger partial charge in [-0.3, -0.25) is 9.59 Å². The number of aromatic nitrogens is 1. The highest BCUT2D eigenvalue weighted by atomic mass is 32.1. The van der Waals surface area contributed by atoms with Gasteiger partial charge < -0.3 is 21.1 Å². The molecule has 0 unspecified atom stereocenters. The Bertz CT molecular complexity index is 685. The van der Waals surface area contributed by atoms with Gasteiger partial charge in [0, 0.05) is 24.4 Å². The van der Waals surface area contributed by atoms with E-state index in [0.717, 1.165) is 11.3 Å². The maximum atomic E-state index is 11.7. The van der Waals surface area contributed by atoms with Crippen LogP contribution in [0.25, 0.3) is 11.3 Å². The highest BCUT2D eigenvalue weighted by Crippen LogP contribution is 2.26. The number of nitrogens with one attached hydrogen (secondary N) is 2. The minimum absolute atomic E-state index is 0.0223. The van der Waals surface area contributed by atoms with Crippen LogP contribution in [-0.4, -0.2) is 37.0 Å². The smallest absolute Gasteiger partial charge is 0.257 e. The van der Waals surface area contributed by atoms with Gasteiger partial charge in [-0.2, -0.15) is 0 Å². The maximum Gasteiger partial charge on any atom is 0.257 e. The topological polar surface area (TPSA) is 106 Å². The summed E-state index contributed by atoms with van der Waals surface area (Å²) in [5, 5.41) is 7.69. The minimum atomic E-state index is -0.186. The number of carbonyl (C=O) groups excluding carboxylic acids is 2. The number of anilines is 1. The van der Waals surface area contributed by atoms with E-state index in [1.807, 2.05) is 17.5 Å². The summed E-state index contributed by atoms with van der Waals surface area (Å²) in [6, 6.07) is 7.26. The number of nitrogens with zero attached hydrogens (tertiary/aromatic N) is 1. The lowest BCUT2D eigenvalue weighted by Crippen LogP contribution is -2.24. The van der Waals surface area contributed by atoms with Crippen LogP contribution in [0.5, 0.6) is 5.75 Å². The van der Waals surface area contributed by atoms with Crippen molar-refractivity contribution in [2.75, 3.05) is 25.5 Å². The third kappa shape index (κ3) is 5.32. The van der Waals surface area contributed by atoms with Gasteiger partial charge in [-0.1, -0.05) is 0 Å². The van der Waals surface area contributed by atoms with Gasteiger partial charge in [-0.05, 0) is 37.2 Å². The fourth-order valence-electron chi connectivity index (χ4n) is 1.85. The largest absolute Gasteiger partial charge is 0.484 e. The Balaban J connectivity index is 1.94. The van der Waals surface area contributed by atoms with Crippen LogP contribution in [0, 0.1) is 0 Å². The number of nitrogens with two attached hydrogens (primary N) is 1. The molecule has 0 saturated heterocycles. The van der Waals surface area contributed by atoms with Crippen molar-refractivity contribution < 1.29 is 14.3 Å². The number of amides is 2. The van der Waals surface area contributed by atoms with Gasteiger partial charge in [0.2, 0.25) is 5.91 Å². The minimum Gasteiger partial charge on any atom is -0.484 e. The van der Waals surface area contributed by atoms with Gasteiger partial charge in [0.25, 0.3) is 5.91 Å². The summed E-state index contributed by atoms with van der Waals surface area (Å²) in [6.45, 7) is 0.469. The third-order valence-corrected chi connectivity index (χ3v) is 3.92. The van der Waals surface area contributed by atoms with Crippen LogP contribution in [0.15, 0.2) is 29.6 Å². The summed E-state index contributed by atoms with van der Waals surface area (Å²) in [5.41, 5.74) is 7.06. The van der Waals surface area contributed by atoms with Crippen molar-refractivity contribution in [1.82, 2.24) is 10.3 Å². The van der Waals surface area contributed by atoms with Crippen LogP contribution >= 0.6 is 11.3 Å². The first kappa shape index (κ1) is 17.9. The van der Waals surface area contributed by atoms with Crippen LogP contribution < -0.4 is 21.1 Å². The second kappa shape index (κ2) is 8.99. The van der Waals surface area contributed by atoms with Crippen molar-refractivity contribution in [3.8, 4) is 17.0 Å². The zero-order chi connectivity index (χ0) is 17.4. The molecule has 0 aliphatic heterocycles. The Morgan fingerprint density at radius 2 is 2.00 bits per heavy atom. The number of benzene rings is 1. The summed E-state index contributed by atoms with van der Waals surface area (Å²) < 4.78 is 5.35. The molecule has 8 heteroatoms. The van der Waals surface area contributed by atoms with Gasteiger partial charge in [0.15, 0.2) is 11.7 Å². The summed E-state index contributed by atoms with van der Waals surface area (Å²) in [5.74, 6) is 0.334. The average Bonchev–Trinajstić information content (AvgIpc) is 3.06. The average molecular weight is 348 g/mol. The summed E-state index contributed by atoms with van der Waals surface area (Å²) >= 11 is 1.37. The van der Waals surface area contributed by atoms with Crippen LogP contribution in [0.4, 0.5) is 5.13 Å². The van der Waals surface area contributed by atoms with Crippen molar-refractivity contribution >= 4 is 28.3 Å². The number of hydrogen-bond acceptors (Lipinski definition) is 6. The summed E-state index contributed by atoms with van der Waals surface area (Å²) in [6.07, 6.45) is 1.05. The lowest BCUT2D eigenvalue weighted by molar-refractivity contribution is -0.122. The second-order valence-corrected chi connectivity index (χ2v) is 5.82. The predicted octanol–water partition coefficient (Wildman–Crippen LogP) is 1.61. The highest BCUT2D eigenvalue weighted by Gasteiger charge is 2.08. The van der Waals surface area contributed by atoms with Gasteiger partial charge in [-0.25, -0.2) is 4.98 Å². The first-order valence-corrected chi connectivity index (χ1v) is 8.39. The van der Waals surface area contributed by atoms with E-state index in [-0.39, 0.29) is 18.4 Å². The number of likely N-dealkylation sites (N-methyl/N-ethyl adjacent to an activating group) is 1. The molecule has 1 aromatic heterocycles. The zero-order valence-electron chi connectivity index (χ0n) is 13.4. The molecule has 128 valence electrons. The molecule has 4 N–H and O–H groups in total. The zero-order valence-corrected chi connectivity index (χ0v) is 14.2. The Kier molecular flexibility index (Phi) is 6.71. The number of thiazole rings is 1. The number of carbonyl (C=O) groups is 2. The summed E-state index contributed by atoms with van der Waals surface area (Å²) in [7, 11) is 1.56. The Morgan fingerprint density at radius 3 is 2.67 bits per heavy atom. The van der Waals surface area contributed by atoms with Gasteiger partial charge in [0.05, 0.1) is 5.69 Å². The number of ether oxygens (including phenoxy) is 1. The van der Waals surface area contributed by atoms with E-state index in [2.05, 4.69) is 15.6 Å². The molecule has 0 spiro atoms. The fourth-order valence-corrected chi connectivity index (χ4v) is 2.59. The standard InChI is InChI=1S/C16H20N4O3S/c1-18-15(22)9-23-12-6-4-11(5-7-12)13-10-24-16(19-13)20-14(21)3-2-8-17/h4-7,10H,2-3,8-9,17H2,1H3,(H,18,22)(H,19,20,21). The molecule has 0 bridgehead atoms. The van der Waals surface area contributed by atoms with E-state index in [9.17, 15) is 9.59 Å². The lowest BCUT2D eigenvalue weighted by atomic mass is 10.2. The molecule has 0 atom stereocenters. The van der Waals surface area contributed by atoms with Crippen molar-refractivity contribution in [3.05, 3.63) is 29.6 Å². The molecule has 24 heavy (non-hydrogen) atoms. The van der Waals surface area contributed by atoms with E-state index >= 15 is 0 Å². The molecule has 0 fully saturated rings. The van der Waals surface area contributed by atoms with Gasteiger partial charge >= 0.3 is 0 Å². The molecule has 0 aliphatic rings. The number of hydrogen-bond donors (Lipinski definition) is 3. The molecule has 7 nitrogen and oxygen atoms in total. The van der Waals surface area contributed by atoms with Crippen LogP contribution in [-0.2, 0) is 9.59 Å². The number of rotatable bonds is 8. The Hall–Kier alpha value is -2.45. The Labute approximate surface area is 144 Å². The van der Waals surface area contributed by atoms with Crippen molar-refractivity contribution in [1.29, 1.82) is 0 Å². The molecular formula is C16H20N4O3S. The van der Waals surface area contributed by atoms with Crippen LogP contribution in [0.3, 0.4) is 0 Å². The van der Waals surface area contributed by atoms with E-state index in [0.29, 0.717) is 30.3 Å². The molecule has 1 aromatic carbocycles. The molecule has 0 aliphatic carbocycles. The highest BCUT2D eigenvalue weighted by molar-refractivity contribution is 7.14. The predicted molar refractivity (Wildman–Crippen MR) is 94.0 cm³/mol. The SMILES string of the molecule is CNC(=O)COc1ccc(-c2csc(NC(=O)CCCN)n2)cc1. The molecule has 0 radical (unpaired) electrons. The fraction of sp³-hybridized carbons (Fsp3) is 0.312. The van der Waals surface area contributed by atoms with E-state index in [4.69, 9.17) is 10.5 Å². The molecule has 2 amide bonds. The lowest BCUT2D eigenvalue weighted by Gasteiger charge is -2.05. The van der Waals surface area contributed by atoms with Crippen LogP contribution in [0.2, 0.25) is 0 Å². The Morgan fingerprint density at radius 1 is 1.25 bits per heavy atom. The molecule has 2 rings (SSSR count). The molecular weight excluding hydrogens is 328 g/mol. The maximum absolute atomic E-state index is 11.7. The van der Waals surface area contributed by atoms with Gasteiger partial charge in [0.1, 0.15) is 5.75 Å². The van der Waals surface area contributed by atoms with Crippen molar-refractivity contribution in [2.24, 2.45) is 5.73 Å². The van der Waals surface area contributed by atoms with Crippen molar-refractivity contribution in [3.63, 3.8) is 0 Å². The van der Waals surface area contributed by atoms with Crippen LogP contribution in [0.1, 0.15) is 12.8 Å². The van der Waals surface area contributed by atoms with E-state index < -0.39 is 0 Å². The monoisotopic (exact) mass is 348 g/mol. The van der Waals surface area contributed by atoms with E-state index in [1.54, 1.807) is 19.2 Å². The molecule has 0 saturated carbocycles. The molecule has 2 aromatic rings. The van der Waals surface area contributed by atoms with Crippen molar-refractivity contribution in [2.45, 2.75) is 12.8 Å². The third-order valence-electron chi connectivity index (χ3n) is 3.16. The van der Waals surface area contributed by atoms with Gasteiger partial charge in [-0.15, -0.1) is 11.3 Å².